The Hall–Kier alpha value is -1.38. The highest BCUT2D eigenvalue weighted by atomic mass is 19.1. The minimum absolute atomic E-state index is 0.171. The van der Waals surface area contributed by atoms with Gasteiger partial charge in [0, 0.05) is 5.41 Å². The zero-order valence-electron chi connectivity index (χ0n) is 11.5. The molecule has 20 heavy (non-hydrogen) atoms. The number of oxime groups is 1. The van der Waals surface area contributed by atoms with E-state index in [1.165, 1.54) is 44.2 Å². The predicted molar refractivity (Wildman–Crippen MR) is 75.4 cm³/mol. The van der Waals surface area contributed by atoms with Crippen molar-refractivity contribution in [1.82, 2.24) is 0 Å². The monoisotopic (exact) mass is 273 g/mol. The zero-order chi connectivity index (χ0) is 13.7. The van der Waals surface area contributed by atoms with E-state index < -0.39 is 0 Å². The molecule has 4 aliphatic rings. The number of hydrogen-bond donors (Lipinski definition) is 1. The van der Waals surface area contributed by atoms with E-state index in [1.807, 2.05) is 12.1 Å². The van der Waals surface area contributed by atoms with Crippen molar-refractivity contribution in [2.75, 3.05) is 0 Å². The van der Waals surface area contributed by atoms with Crippen LogP contribution in [0, 0.1) is 29.5 Å². The molecule has 2 nitrogen and oxygen atoms in total. The molecule has 0 atom stereocenters. The second-order valence-electron chi connectivity index (χ2n) is 6.99. The van der Waals surface area contributed by atoms with Gasteiger partial charge in [-0.05, 0) is 73.5 Å². The van der Waals surface area contributed by atoms with E-state index in [4.69, 9.17) is 0 Å². The molecular formula is C17H20FNO. The van der Waals surface area contributed by atoms with Crippen LogP contribution in [0.3, 0.4) is 0 Å². The first-order valence-electron chi connectivity index (χ1n) is 7.67. The van der Waals surface area contributed by atoms with Gasteiger partial charge in [0.15, 0.2) is 0 Å². The minimum atomic E-state index is -0.200. The molecule has 0 aromatic heterocycles. The lowest BCUT2D eigenvalue weighted by Crippen LogP contribution is -2.56. The molecule has 5 rings (SSSR count). The van der Waals surface area contributed by atoms with Crippen molar-refractivity contribution in [2.45, 2.75) is 37.5 Å². The van der Waals surface area contributed by atoms with Gasteiger partial charge in [0.1, 0.15) is 5.82 Å². The summed E-state index contributed by atoms with van der Waals surface area (Å²) in [6.07, 6.45) is 8.08. The van der Waals surface area contributed by atoms with Crippen molar-refractivity contribution < 1.29 is 9.60 Å². The maximum absolute atomic E-state index is 13.2. The molecule has 1 N–H and O–H groups in total. The number of halogens is 1. The third-order valence-electron chi connectivity index (χ3n) is 6.10. The highest BCUT2D eigenvalue weighted by Crippen LogP contribution is 2.62. The smallest absolute Gasteiger partial charge is 0.123 e. The lowest BCUT2D eigenvalue weighted by atomic mass is 9.44. The van der Waals surface area contributed by atoms with Gasteiger partial charge in [-0.25, -0.2) is 4.39 Å². The van der Waals surface area contributed by atoms with Gasteiger partial charge in [0.05, 0.1) is 6.21 Å². The second-order valence-corrected chi connectivity index (χ2v) is 6.99. The Balaban J connectivity index is 1.83. The van der Waals surface area contributed by atoms with Gasteiger partial charge in [-0.3, -0.25) is 0 Å². The molecule has 0 aliphatic heterocycles. The summed E-state index contributed by atoms with van der Waals surface area (Å²) in [5.41, 5.74) is 0.959. The fourth-order valence-corrected chi connectivity index (χ4v) is 5.55. The fourth-order valence-electron chi connectivity index (χ4n) is 5.55. The molecule has 0 spiro atoms. The second kappa shape index (κ2) is 4.31. The van der Waals surface area contributed by atoms with Gasteiger partial charge in [0.25, 0.3) is 0 Å². The summed E-state index contributed by atoms with van der Waals surface area (Å²) in [6.45, 7) is 0. The Kier molecular flexibility index (Phi) is 2.66. The molecule has 1 aromatic rings. The van der Waals surface area contributed by atoms with E-state index in [-0.39, 0.29) is 11.2 Å². The number of rotatable bonds is 2. The standard InChI is InChI=1S/C17H20FNO/c18-16-3-1-13(2-4-16)17(10-19-20)14-6-11-5-12(8-14)9-15(17)7-11/h1-4,10-12,14-15,20H,5-9H2/b19-10+. The van der Waals surface area contributed by atoms with Crippen molar-refractivity contribution in [2.24, 2.45) is 28.8 Å². The highest BCUT2D eigenvalue weighted by Gasteiger charge is 2.57. The maximum Gasteiger partial charge on any atom is 0.123 e. The van der Waals surface area contributed by atoms with Gasteiger partial charge in [0.2, 0.25) is 0 Å². The average molecular weight is 273 g/mol. The van der Waals surface area contributed by atoms with Crippen LogP contribution in [0.25, 0.3) is 0 Å². The van der Waals surface area contributed by atoms with E-state index in [9.17, 15) is 9.60 Å². The van der Waals surface area contributed by atoms with Crippen LogP contribution in [0.4, 0.5) is 4.39 Å². The summed E-state index contributed by atoms with van der Waals surface area (Å²) in [5.74, 6) is 2.63. The molecule has 1 aromatic carbocycles. The first-order chi connectivity index (χ1) is 9.72. The third kappa shape index (κ3) is 1.58. The Morgan fingerprint density at radius 2 is 1.55 bits per heavy atom. The van der Waals surface area contributed by atoms with Gasteiger partial charge < -0.3 is 5.21 Å². The van der Waals surface area contributed by atoms with E-state index >= 15 is 0 Å². The van der Waals surface area contributed by atoms with Crippen molar-refractivity contribution in [1.29, 1.82) is 0 Å². The number of hydrogen-bond acceptors (Lipinski definition) is 2. The molecule has 0 unspecified atom stereocenters. The lowest BCUT2D eigenvalue weighted by molar-refractivity contribution is -0.0280. The topological polar surface area (TPSA) is 32.6 Å². The average Bonchev–Trinajstić information content (AvgIpc) is 2.43. The Bertz CT molecular complexity index is 508. The quantitative estimate of drug-likeness (QED) is 0.493. The minimum Gasteiger partial charge on any atom is -0.411 e. The number of nitrogens with zero attached hydrogens (tertiary/aromatic N) is 1. The molecule has 0 heterocycles. The highest BCUT2D eigenvalue weighted by molar-refractivity contribution is 5.75. The van der Waals surface area contributed by atoms with Crippen LogP contribution in [0.2, 0.25) is 0 Å². The largest absolute Gasteiger partial charge is 0.411 e. The summed E-state index contributed by atoms with van der Waals surface area (Å²) in [6, 6.07) is 6.85. The molecule has 3 heteroatoms. The van der Waals surface area contributed by atoms with Crippen LogP contribution < -0.4 is 0 Å². The molecule has 106 valence electrons. The summed E-state index contributed by atoms with van der Waals surface area (Å²) in [5, 5.41) is 12.7. The van der Waals surface area contributed by atoms with Gasteiger partial charge >= 0.3 is 0 Å². The van der Waals surface area contributed by atoms with Crippen molar-refractivity contribution >= 4 is 6.21 Å². The molecule has 4 fully saturated rings. The molecule has 4 saturated carbocycles. The van der Waals surface area contributed by atoms with E-state index in [2.05, 4.69) is 5.16 Å². The van der Waals surface area contributed by atoms with E-state index in [0.717, 1.165) is 17.4 Å². The Morgan fingerprint density at radius 1 is 1.00 bits per heavy atom. The zero-order valence-corrected chi connectivity index (χ0v) is 11.5. The number of benzene rings is 1. The molecule has 4 aliphatic carbocycles. The van der Waals surface area contributed by atoms with E-state index in [1.54, 1.807) is 6.21 Å². The summed E-state index contributed by atoms with van der Waals surface area (Å²) < 4.78 is 13.2. The summed E-state index contributed by atoms with van der Waals surface area (Å²) in [4.78, 5) is 0. The summed E-state index contributed by atoms with van der Waals surface area (Å²) >= 11 is 0. The van der Waals surface area contributed by atoms with Crippen molar-refractivity contribution in [3.8, 4) is 0 Å². The van der Waals surface area contributed by atoms with Gasteiger partial charge in [-0.15, -0.1) is 5.16 Å². The van der Waals surface area contributed by atoms with Crippen molar-refractivity contribution in [3.05, 3.63) is 35.6 Å². The van der Waals surface area contributed by atoms with Gasteiger partial charge in [-0.2, -0.15) is 0 Å². The first-order valence-corrected chi connectivity index (χ1v) is 7.67. The van der Waals surface area contributed by atoms with Crippen LogP contribution in [0.5, 0.6) is 0 Å². The molecule has 0 radical (unpaired) electrons. The summed E-state index contributed by atoms with van der Waals surface area (Å²) in [7, 11) is 0. The predicted octanol–water partition coefficient (Wildman–Crippen LogP) is 3.98. The van der Waals surface area contributed by atoms with Crippen LogP contribution in [-0.4, -0.2) is 11.4 Å². The van der Waals surface area contributed by atoms with Crippen LogP contribution >= 0.6 is 0 Å². The fraction of sp³-hybridized carbons (Fsp3) is 0.588. The Morgan fingerprint density at radius 3 is 2.05 bits per heavy atom. The first kappa shape index (κ1) is 12.4. The Labute approximate surface area is 118 Å². The van der Waals surface area contributed by atoms with Gasteiger partial charge in [-0.1, -0.05) is 12.1 Å². The SMILES string of the molecule is O/N=C/C1(c2ccc(F)cc2)C2CC3CC(C2)CC1C3. The van der Waals surface area contributed by atoms with E-state index in [0.29, 0.717) is 11.8 Å². The van der Waals surface area contributed by atoms with Crippen molar-refractivity contribution in [3.63, 3.8) is 0 Å². The lowest BCUT2D eigenvalue weighted by Gasteiger charge is -2.60. The van der Waals surface area contributed by atoms with Crippen LogP contribution in [0.15, 0.2) is 29.4 Å². The molecule has 0 saturated heterocycles. The molecular weight excluding hydrogens is 253 g/mol. The van der Waals surface area contributed by atoms with Crippen LogP contribution in [-0.2, 0) is 5.41 Å². The van der Waals surface area contributed by atoms with Crippen LogP contribution in [0.1, 0.15) is 37.7 Å². The third-order valence-corrected chi connectivity index (χ3v) is 6.10. The molecule has 4 bridgehead atoms. The normalized spacial score (nSPS) is 42.5. The maximum atomic E-state index is 13.2. The molecule has 0 amide bonds.